The summed E-state index contributed by atoms with van der Waals surface area (Å²) in [5.41, 5.74) is 2.64. The Balaban J connectivity index is 3.05. The predicted octanol–water partition coefficient (Wildman–Crippen LogP) is 2.77. The lowest BCUT2D eigenvalue weighted by Crippen LogP contribution is -2.08. The van der Waals surface area contributed by atoms with Crippen LogP contribution in [0.4, 0.5) is 0 Å². The molecule has 1 aromatic carbocycles. The third-order valence-corrected chi connectivity index (χ3v) is 2.87. The van der Waals surface area contributed by atoms with Crippen molar-refractivity contribution in [2.75, 3.05) is 21.3 Å². The molecule has 0 saturated carbocycles. The second kappa shape index (κ2) is 7.17. The van der Waals surface area contributed by atoms with E-state index < -0.39 is 0 Å². The fourth-order valence-electron chi connectivity index (χ4n) is 1.92. The van der Waals surface area contributed by atoms with Gasteiger partial charge in [0.05, 0.1) is 14.2 Å². The van der Waals surface area contributed by atoms with Gasteiger partial charge in [0.25, 0.3) is 0 Å². The average molecular weight is 237 g/mol. The maximum absolute atomic E-state index is 5.34. The first-order valence-corrected chi connectivity index (χ1v) is 6.15. The molecule has 0 unspecified atom stereocenters. The van der Waals surface area contributed by atoms with E-state index in [9.17, 15) is 0 Å². The van der Waals surface area contributed by atoms with E-state index in [2.05, 4.69) is 24.4 Å². The van der Waals surface area contributed by atoms with Gasteiger partial charge in [-0.25, -0.2) is 0 Å². The molecule has 0 heterocycles. The Hall–Kier alpha value is -1.22. The van der Waals surface area contributed by atoms with E-state index in [0.29, 0.717) is 0 Å². The fourth-order valence-corrected chi connectivity index (χ4v) is 1.92. The first-order valence-electron chi connectivity index (χ1n) is 6.15. The quantitative estimate of drug-likeness (QED) is 0.791. The molecule has 1 aromatic rings. The maximum Gasteiger partial charge on any atom is 0.161 e. The molecule has 1 N–H and O–H groups in total. The number of nitrogens with one attached hydrogen (secondary N) is 1. The van der Waals surface area contributed by atoms with Crippen molar-refractivity contribution in [1.82, 2.24) is 5.32 Å². The molecule has 3 nitrogen and oxygen atoms in total. The summed E-state index contributed by atoms with van der Waals surface area (Å²) in [7, 11) is 5.31. The van der Waals surface area contributed by atoms with E-state index in [0.717, 1.165) is 24.5 Å². The Morgan fingerprint density at radius 3 is 2.12 bits per heavy atom. The van der Waals surface area contributed by atoms with Crippen LogP contribution < -0.4 is 14.8 Å². The molecule has 0 aliphatic carbocycles. The van der Waals surface area contributed by atoms with Crippen LogP contribution in [0.25, 0.3) is 0 Å². The van der Waals surface area contributed by atoms with Crippen molar-refractivity contribution in [3.63, 3.8) is 0 Å². The first kappa shape index (κ1) is 13.8. The zero-order valence-corrected chi connectivity index (χ0v) is 11.3. The molecule has 3 heteroatoms. The van der Waals surface area contributed by atoms with E-state index in [4.69, 9.17) is 9.47 Å². The highest BCUT2D eigenvalue weighted by Gasteiger charge is 2.10. The Labute approximate surface area is 104 Å². The predicted molar refractivity (Wildman–Crippen MR) is 70.9 cm³/mol. The van der Waals surface area contributed by atoms with Crippen molar-refractivity contribution < 1.29 is 9.47 Å². The van der Waals surface area contributed by atoms with Gasteiger partial charge in [0, 0.05) is 6.54 Å². The molecule has 0 fully saturated rings. The molecule has 0 aliphatic rings. The summed E-state index contributed by atoms with van der Waals surface area (Å²) in [5.74, 6) is 1.62. The van der Waals surface area contributed by atoms with Gasteiger partial charge >= 0.3 is 0 Å². The lowest BCUT2D eigenvalue weighted by atomic mass is 10.0. The Bertz CT molecular complexity index is 350. The average Bonchev–Trinajstić information content (AvgIpc) is 2.37. The number of rotatable bonds is 7. The highest BCUT2D eigenvalue weighted by atomic mass is 16.5. The Kier molecular flexibility index (Phi) is 5.84. The van der Waals surface area contributed by atoms with Crippen molar-refractivity contribution in [2.45, 2.75) is 32.7 Å². The van der Waals surface area contributed by atoms with Crippen molar-refractivity contribution in [2.24, 2.45) is 0 Å². The third-order valence-electron chi connectivity index (χ3n) is 2.87. The standard InChI is InChI=1S/C14H23NO2/c1-5-6-7-11-8-13(16-3)14(17-4)9-12(11)10-15-2/h8-9,15H,5-7,10H2,1-4H3. The molecular formula is C14H23NO2. The molecular weight excluding hydrogens is 214 g/mol. The van der Waals surface area contributed by atoms with Gasteiger partial charge < -0.3 is 14.8 Å². The highest BCUT2D eigenvalue weighted by molar-refractivity contribution is 5.47. The van der Waals surface area contributed by atoms with E-state index >= 15 is 0 Å². The van der Waals surface area contributed by atoms with E-state index in [1.807, 2.05) is 7.05 Å². The van der Waals surface area contributed by atoms with Gasteiger partial charge in [0.2, 0.25) is 0 Å². The molecule has 0 saturated heterocycles. The lowest BCUT2D eigenvalue weighted by molar-refractivity contribution is 0.354. The Morgan fingerprint density at radius 2 is 1.65 bits per heavy atom. The van der Waals surface area contributed by atoms with Crippen LogP contribution in [-0.4, -0.2) is 21.3 Å². The van der Waals surface area contributed by atoms with Crippen LogP contribution in [0.15, 0.2) is 12.1 Å². The smallest absolute Gasteiger partial charge is 0.161 e. The normalized spacial score (nSPS) is 10.4. The molecule has 0 bridgehead atoms. The molecule has 1 rings (SSSR count). The largest absolute Gasteiger partial charge is 0.493 e. The molecule has 96 valence electrons. The molecule has 17 heavy (non-hydrogen) atoms. The molecule has 0 atom stereocenters. The minimum atomic E-state index is 0.804. The van der Waals surface area contributed by atoms with Gasteiger partial charge in [0.1, 0.15) is 0 Å². The zero-order chi connectivity index (χ0) is 12.7. The molecule has 0 spiro atoms. The van der Waals surface area contributed by atoms with Crippen LogP contribution >= 0.6 is 0 Å². The molecule has 0 amide bonds. The van der Waals surface area contributed by atoms with Gasteiger partial charge in [0.15, 0.2) is 11.5 Å². The van der Waals surface area contributed by atoms with Crippen molar-refractivity contribution >= 4 is 0 Å². The van der Waals surface area contributed by atoms with Crippen molar-refractivity contribution in [1.29, 1.82) is 0 Å². The minimum absolute atomic E-state index is 0.804. The number of ether oxygens (including phenoxy) is 2. The number of hydrogen-bond donors (Lipinski definition) is 1. The van der Waals surface area contributed by atoms with Crippen LogP contribution in [0.2, 0.25) is 0 Å². The van der Waals surface area contributed by atoms with Crippen molar-refractivity contribution in [3.8, 4) is 11.5 Å². The first-order chi connectivity index (χ1) is 8.26. The lowest BCUT2D eigenvalue weighted by Gasteiger charge is -2.14. The molecule has 0 radical (unpaired) electrons. The summed E-state index contributed by atoms with van der Waals surface area (Å²) in [6.45, 7) is 3.07. The van der Waals surface area contributed by atoms with E-state index in [-0.39, 0.29) is 0 Å². The van der Waals surface area contributed by atoms with E-state index in [1.54, 1.807) is 14.2 Å². The summed E-state index contributed by atoms with van der Waals surface area (Å²) >= 11 is 0. The van der Waals surface area contributed by atoms with Crippen LogP contribution in [0.5, 0.6) is 11.5 Å². The summed E-state index contributed by atoms with van der Waals surface area (Å²) in [6, 6.07) is 4.17. The molecule has 0 aliphatic heterocycles. The molecule has 0 aromatic heterocycles. The fraction of sp³-hybridized carbons (Fsp3) is 0.571. The monoisotopic (exact) mass is 237 g/mol. The SMILES string of the molecule is CCCCc1cc(OC)c(OC)cc1CNC. The highest BCUT2D eigenvalue weighted by Crippen LogP contribution is 2.31. The maximum atomic E-state index is 5.34. The second-order valence-corrected chi connectivity index (χ2v) is 4.11. The number of benzene rings is 1. The van der Waals surface area contributed by atoms with Crippen LogP contribution in [0.3, 0.4) is 0 Å². The summed E-state index contributed by atoms with van der Waals surface area (Å²) < 4.78 is 10.7. The van der Waals surface area contributed by atoms with Gasteiger partial charge in [-0.15, -0.1) is 0 Å². The third kappa shape index (κ3) is 3.63. The van der Waals surface area contributed by atoms with Crippen LogP contribution in [0, 0.1) is 0 Å². The van der Waals surface area contributed by atoms with Crippen molar-refractivity contribution in [3.05, 3.63) is 23.3 Å². The number of methoxy groups -OCH3 is 2. The van der Waals surface area contributed by atoms with Gasteiger partial charge in [-0.2, -0.15) is 0 Å². The zero-order valence-electron chi connectivity index (χ0n) is 11.3. The van der Waals surface area contributed by atoms with Crippen LogP contribution in [0.1, 0.15) is 30.9 Å². The van der Waals surface area contributed by atoms with Crippen LogP contribution in [-0.2, 0) is 13.0 Å². The number of unbranched alkanes of at least 4 members (excludes halogenated alkanes) is 1. The minimum Gasteiger partial charge on any atom is -0.493 e. The second-order valence-electron chi connectivity index (χ2n) is 4.11. The number of aryl methyl sites for hydroxylation is 1. The van der Waals surface area contributed by atoms with E-state index in [1.165, 1.54) is 24.0 Å². The van der Waals surface area contributed by atoms with Gasteiger partial charge in [-0.05, 0) is 43.1 Å². The summed E-state index contributed by atoms with van der Waals surface area (Å²) in [4.78, 5) is 0. The Morgan fingerprint density at radius 1 is 1.06 bits per heavy atom. The topological polar surface area (TPSA) is 30.5 Å². The summed E-state index contributed by atoms with van der Waals surface area (Å²) in [6.07, 6.45) is 3.49. The summed E-state index contributed by atoms with van der Waals surface area (Å²) in [5, 5.41) is 3.19. The van der Waals surface area contributed by atoms with Gasteiger partial charge in [-0.1, -0.05) is 13.3 Å². The van der Waals surface area contributed by atoms with Gasteiger partial charge in [-0.3, -0.25) is 0 Å². The number of hydrogen-bond acceptors (Lipinski definition) is 3.